The van der Waals surface area contributed by atoms with Crippen LogP contribution in [0.3, 0.4) is 0 Å². The van der Waals surface area contributed by atoms with Crippen molar-refractivity contribution in [1.82, 2.24) is 4.98 Å². The summed E-state index contributed by atoms with van der Waals surface area (Å²) in [6.45, 7) is 2.07. The molecule has 0 atom stereocenters. The van der Waals surface area contributed by atoms with Crippen molar-refractivity contribution in [1.29, 1.82) is 0 Å². The SMILES string of the molecule is Cc1ccc(-c2csc([S])n2)cc1. The molecule has 1 aromatic carbocycles. The Morgan fingerprint density at radius 2 is 1.92 bits per heavy atom. The summed E-state index contributed by atoms with van der Waals surface area (Å²) in [5.41, 5.74) is 3.38. The number of nitrogens with zero attached hydrogens (tertiary/aromatic N) is 1. The van der Waals surface area contributed by atoms with Crippen molar-refractivity contribution in [2.45, 2.75) is 11.3 Å². The first-order chi connectivity index (χ1) is 6.25. The Hall–Kier alpha value is -0.930. The number of aryl methyl sites for hydroxylation is 1. The summed E-state index contributed by atoms with van der Waals surface area (Å²) >= 11 is 6.47. The maximum atomic E-state index is 4.97. The monoisotopic (exact) mass is 206 g/mol. The Bertz CT molecular complexity index is 403. The Morgan fingerprint density at radius 3 is 2.46 bits per heavy atom. The standard InChI is InChI=1S/C10H8NS2/c1-7-2-4-8(5-3-7)9-6-13-10(12)11-9/h2-6H,1H3. The van der Waals surface area contributed by atoms with Gasteiger partial charge in [-0.15, -0.1) is 11.3 Å². The topological polar surface area (TPSA) is 12.9 Å². The predicted octanol–water partition coefficient (Wildman–Crippen LogP) is 3.67. The second-order valence-electron chi connectivity index (χ2n) is 2.86. The molecule has 0 unspecified atom stereocenters. The van der Waals surface area contributed by atoms with Gasteiger partial charge in [0.1, 0.15) is 0 Å². The van der Waals surface area contributed by atoms with Crippen LogP contribution in [0.25, 0.3) is 11.3 Å². The predicted molar refractivity (Wildman–Crippen MR) is 58.1 cm³/mol. The zero-order valence-electron chi connectivity index (χ0n) is 7.15. The van der Waals surface area contributed by atoms with Crippen LogP contribution in [-0.2, 0) is 0 Å². The molecule has 0 saturated carbocycles. The van der Waals surface area contributed by atoms with Crippen molar-refractivity contribution in [3.8, 4) is 11.3 Å². The van der Waals surface area contributed by atoms with E-state index in [0.29, 0.717) is 4.34 Å². The highest BCUT2D eigenvalue weighted by Crippen LogP contribution is 2.23. The fourth-order valence-electron chi connectivity index (χ4n) is 1.11. The molecule has 1 nitrogen and oxygen atoms in total. The largest absolute Gasteiger partial charge is 0.225 e. The number of hydrogen-bond donors (Lipinski definition) is 0. The highest BCUT2D eigenvalue weighted by atomic mass is 32.2. The van der Waals surface area contributed by atoms with Crippen LogP contribution in [0.1, 0.15) is 5.56 Å². The lowest BCUT2D eigenvalue weighted by atomic mass is 10.1. The van der Waals surface area contributed by atoms with Crippen molar-refractivity contribution < 1.29 is 0 Å². The zero-order valence-corrected chi connectivity index (χ0v) is 8.78. The molecule has 1 heterocycles. The van der Waals surface area contributed by atoms with Crippen LogP contribution in [0.15, 0.2) is 34.0 Å². The van der Waals surface area contributed by atoms with E-state index in [2.05, 4.69) is 36.2 Å². The Labute approximate surface area is 86.9 Å². The molecular weight excluding hydrogens is 198 g/mol. The van der Waals surface area contributed by atoms with E-state index in [1.165, 1.54) is 16.9 Å². The van der Waals surface area contributed by atoms with Gasteiger partial charge in [0.25, 0.3) is 0 Å². The molecule has 0 aliphatic rings. The van der Waals surface area contributed by atoms with Crippen molar-refractivity contribution in [3.63, 3.8) is 0 Å². The number of hydrogen-bond acceptors (Lipinski definition) is 2. The number of rotatable bonds is 1. The van der Waals surface area contributed by atoms with Gasteiger partial charge in [-0.1, -0.05) is 29.8 Å². The average molecular weight is 206 g/mol. The normalized spacial score (nSPS) is 10.2. The molecule has 0 aliphatic heterocycles. The van der Waals surface area contributed by atoms with Crippen molar-refractivity contribution in [2.75, 3.05) is 0 Å². The molecule has 3 heteroatoms. The molecule has 13 heavy (non-hydrogen) atoms. The molecule has 0 aliphatic carbocycles. The van der Waals surface area contributed by atoms with Gasteiger partial charge in [-0.25, -0.2) is 4.98 Å². The molecule has 0 N–H and O–H groups in total. The van der Waals surface area contributed by atoms with E-state index in [4.69, 9.17) is 12.6 Å². The first-order valence-electron chi connectivity index (χ1n) is 3.95. The third-order valence-corrected chi connectivity index (χ3v) is 2.84. The third kappa shape index (κ3) is 1.87. The van der Waals surface area contributed by atoms with Gasteiger partial charge in [0.2, 0.25) is 0 Å². The van der Waals surface area contributed by atoms with Crippen molar-refractivity contribution >= 4 is 24.0 Å². The molecular formula is C10H8NS2. The lowest BCUT2D eigenvalue weighted by Gasteiger charge is -1.96. The van der Waals surface area contributed by atoms with Gasteiger partial charge in [-0.3, -0.25) is 0 Å². The molecule has 0 amide bonds. The van der Waals surface area contributed by atoms with Gasteiger partial charge in [0, 0.05) is 10.9 Å². The highest BCUT2D eigenvalue weighted by Gasteiger charge is 2.01. The lowest BCUT2D eigenvalue weighted by molar-refractivity contribution is 1.26. The van der Waals surface area contributed by atoms with E-state index >= 15 is 0 Å². The summed E-state index contributed by atoms with van der Waals surface area (Å²) in [5, 5.41) is 1.99. The van der Waals surface area contributed by atoms with Crippen LogP contribution < -0.4 is 0 Å². The summed E-state index contributed by atoms with van der Waals surface area (Å²) in [7, 11) is 0. The van der Waals surface area contributed by atoms with Gasteiger partial charge in [0.05, 0.1) is 5.69 Å². The van der Waals surface area contributed by atoms with E-state index < -0.39 is 0 Å². The van der Waals surface area contributed by atoms with Crippen LogP contribution in [0.2, 0.25) is 0 Å². The summed E-state index contributed by atoms with van der Waals surface area (Å²) in [6.07, 6.45) is 0. The van der Waals surface area contributed by atoms with Gasteiger partial charge in [-0.05, 0) is 19.6 Å². The minimum atomic E-state index is 0.704. The second-order valence-corrected chi connectivity index (χ2v) is 4.37. The Morgan fingerprint density at radius 1 is 1.23 bits per heavy atom. The van der Waals surface area contributed by atoms with Crippen LogP contribution in [0.4, 0.5) is 0 Å². The molecule has 65 valence electrons. The minimum absolute atomic E-state index is 0.704. The highest BCUT2D eigenvalue weighted by molar-refractivity contribution is 7.82. The average Bonchev–Trinajstić information content (AvgIpc) is 2.53. The number of aromatic nitrogens is 1. The summed E-state index contributed by atoms with van der Waals surface area (Å²) in [4.78, 5) is 4.24. The third-order valence-electron chi connectivity index (χ3n) is 1.83. The molecule has 1 aromatic heterocycles. The van der Waals surface area contributed by atoms with E-state index in [0.717, 1.165) is 11.3 Å². The molecule has 0 fully saturated rings. The van der Waals surface area contributed by atoms with E-state index in [9.17, 15) is 0 Å². The summed E-state index contributed by atoms with van der Waals surface area (Å²) in [6, 6.07) is 8.30. The van der Waals surface area contributed by atoms with Crippen LogP contribution in [0, 0.1) is 6.92 Å². The van der Waals surface area contributed by atoms with Crippen LogP contribution in [-0.4, -0.2) is 4.98 Å². The zero-order chi connectivity index (χ0) is 9.26. The number of benzene rings is 1. The molecule has 0 saturated heterocycles. The fraction of sp³-hybridized carbons (Fsp3) is 0.100. The quantitative estimate of drug-likeness (QED) is 0.693. The molecule has 0 spiro atoms. The van der Waals surface area contributed by atoms with Gasteiger partial charge in [-0.2, -0.15) is 0 Å². The first-order valence-corrected chi connectivity index (χ1v) is 5.24. The van der Waals surface area contributed by atoms with Crippen LogP contribution in [0.5, 0.6) is 0 Å². The van der Waals surface area contributed by atoms with Crippen molar-refractivity contribution in [3.05, 3.63) is 35.2 Å². The van der Waals surface area contributed by atoms with E-state index in [1.807, 2.05) is 5.38 Å². The van der Waals surface area contributed by atoms with E-state index in [1.54, 1.807) is 0 Å². The maximum Gasteiger partial charge on any atom is 0.181 e. The molecule has 2 aromatic rings. The fourth-order valence-corrected chi connectivity index (χ4v) is 1.91. The van der Waals surface area contributed by atoms with Gasteiger partial charge < -0.3 is 0 Å². The van der Waals surface area contributed by atoms with Gasteiger partial charge >= 0.3 is 0 Å². The lowest BCUT2D eigenvalue weighted by Crippen LogP contribution is -1.77. The second kappa shape index (κ2) is 3.44. The van der Waals surface area contributed by atoms with Crippen LogP contribution >= 0.6 is 24.0 Å². The molecule has 1 radical (unpaired) electrons. The van der Waals surface area contributed by atoms with Gasteiger partial charge in [0.15, 0.2) is 4.34 Å². The molecule has 2 rings (SSSR count). The maximum absolute atomic E-state index is 4.97. The Kier molecular flexibility index (Phi) is 2.29. The summed E-state index contributed by atoms with van der Waals surface area (Å²) < 4.78 is 0.704. The molecule has 0 bridgehead atoms. The first kappa shape index (κ1) is 8.66. The van der Waals surface area contributed by atoms with Crippen molar-refractivity contribution in [2.24, 2.45) is 0 Å². The minimum Gasteiger partial charge on any atom is -0.225 e. The Balaban J connectivity index is 2.41. The summed E-state index contributed by atoms with van der Waals surface area (Å²) in [5.74, 6) is 0. The van der Waals surface area contributed by atoms with E-state index in [-0.39, 0.29) is 0 Å². The number of thiazole rings is 1. The smallest absolute Gasteiger partial charge is 0.181 e.